The summed E-state index contributed by atoms with van der Waals surface area (Å²) in [6.07, 6.45) is 0. The van der Waals surface area contributed by atoms with Crippen LogP contribution in [0.25, 0.3) is 0 Å². The van der Waals surface area contributed by atoms with Crippen LogP contribution in [0.3, 0.4) is 0 Å². The van der Waals surface area contributed by atoms with Gasteiger partial charge in [0, 0.05) is 17.9 Å². The highest BCUT2D eigenvalue weighted by Gasteiger charge is 2.04. The Morgan fingerprint density at radius 3 is 2.38 bits per heavy atom. The zero-order chi connectivity index (χ0) is 15.1. The van der Waals surface area contributed by atoms with E-state index in [-0.39, 0.29) is 5.82 Å². The summed E-state index contributed by atoms with van der Waals surface area (Å²) in [6.45, 7) is 3.67. The van der Waals surface area contributed by atoms with Crippen molar-refractivity contribution in [2.75, 3.05) is 17.2 Å². The lowest BCUT2D eigenvalue weighted by atomic mass is 10.2. The molecule has 0 unspecified atom stereocenters. The first-order valence-corrected chi connectivity index (χ1v) is 6.80. The maximum Gasteiger partial charge on any atom is 0.323 e. The smallest absolute Gasteiger partial charge is 0.313 e. The molecule has 0 aliphatic rings. The molecule has 0 radical (unpaired) electrons. The standard InChI is InChI=1S/C16H18FN3O/c1-2-18-11-12-5-3-7-14(9-12)19-16(21)20-15-8-4-6-13(17)10-15/h3-10,18H,2,11H2,1H3,(H2,19,20,21). The first-order valence-electron chi connectivity index (χ1n) is 6.80. The normalized spacial score (nSPS) is 10.2. The van der Waals surface area contributed by atoms with E-state index >= 15 is 0 Å². The summed E-state index contributed by atoms with van der Waals surface area (Å²) >= 11 is 0. The van der Waals surface area contributed by atoms with E-state index in [0.717, 1.165) is 18.7 Å². The van der Waals surface area contributed by atoms with Gasteiger partial charge >= 0.3 is 6.03 Å². The van der Waals surface area contributed by atoms with Gasteiger partial charge in [-0.05, 0) is 42.4 Å². The van der Waals surface area contributed by atoms with Crippen LogP contribution in [0, 0.1) is 5.82 Å². The van der Waals surface area contributed by atoms with Crippen molar-refractivity contribution < 1.29 is 9.18 Å². The number of benzene rings is 2. The Hall–Kier alpha value is -2.40. The molecular formula is C16H18FN3O. The molecule has 0 aliphatic heterocycles. The zero-order valence-electron chi connectivity index (χ0n) is 11.8. The van der Waals surface area contributed by atoms with E-state index in [4.69, 9.17) is 0 Å². The molecule has 0 saturated heterocycles. The van der Waals surface area contributed by atoms with Gasteiger partial charge in [-0.2, -0.15) is 0 Å². The fourth-order valence-corrected chi connectivity index (χ4v) is 1.89. The van der Waals surface area contributed by atoms with Gasteiger partial charge in [0.2, 0.25) is 0 Å². The van der Waals surface area contributed by atoms with Crippen molar-refractivity contribution in [2.24, 2.45) is 0 Å². The van der Waals surface area contributed by atoms with Gasteiger partial charge in [0.15, 0.2) is 0 Å². The molecule has 2 aromatic carbocycles. The van der Waals surface area contributed by atoms with Gasteiger partial charge in [0.25, 0.3) is 0 Å². The lowest BCUT2D eigenvalue weighted by molar-refractivity contribution is 0.262. The maximum atomic E-state index is 13.0. The molecule has 4 nitrogen and oxygen atoms in total. The van der Waals surface area contributed by atoms with Crippen molar-refractivity contribution in [2.45, 2.75) is 13.5 Å². The zero-order valence-corrected chi connectivity index (χ0v) is 11.8. The van der Waals surface area contributed by atoms with Gasteiger partial charge in [0.05, 0.1) is 0 Å². The van der Waals surface area contributed by atoms with Crippen molar-refractivity contribution in [1.29, 1.82) is 0 Å². The topological polar surface area (TPSA) is 53.2 Å². The van der Waals surface area contributed by atoms with Gasteiger partial charge in [-0.25, -0.2) is 9.18 Å². The third-order valence-corrected chi connectivity index (χ3v) is 2.85. The monoisotopic (exact) mass is 287 g/mol. The van der Waals surface area contributed by atoms with E-state index in [0.29, 0.717) is 11.4 Å². The molecule has 0 spiro atoms. The number of amides is 2. The van der Waals surface area contributed by atoms with Gasteiger partial charge < -0.3 is 16.0 Å². The molecular weight excluding hydrogens is 269 g/mol. The Kier molecular flexibility index (Phi) is 5.29. The second kappa shape index (κ2) is 7.40. The third kappa shape index (κ3) is 4.89. The van der Waals surface area contributed by atoms with Gasteiger partial charge in [0.1, 0.15) is 5.82 Å². The molecule has 0 bridgehead atoms. The first-order chi connectivity index (χ1) is 10.2. The molecule has 2 amide bonds. The molecule has 0 atom stereocenters. The number of nitrogens with one attached hydrogen (secondary N) is 3. The van der Waals surface area contributed by atoms with Crippen molar-refractivity contribution in [1.82, 2.24) is 5.32 Å². The van der Waals surface area contributed by atoms with E-state index in [9.17, 15) is 9.18 Å². The molecule has 0 saturated carbocycles. The Labute approximate surface area is 123 Å². The summed E-state index contributed by atoms with van der Waals surface area (Å²) in [4.78, 5) is 11.9. The summed E-state index contributed by atoms with van der Waals surface area (Å²) in [6, 6.07) is 12.9. The fraction of sp³-hybridized carbons (Fsp3) is 0.188. The number of hydrogen-bond acceptors (Lipinski definition) is 2. The average molecular weight is 287 g/mol. The second-order valence-electron chi connectivity index (χ2n) is 4.57. The van der Waals surface area contributed by atoms with E-state index in [1.807, 2.05) is 25.1 Å². The van der Waals surface area contributed by atoms with Crippen molar-refractivity contribution in [3.63, 3.8) is 0 Å². The van der Waals surface area contributed by atoms with Crippen LogP contribution in [0.2, 0.25) is 0 Å². The quantitative estimate of drug-likeness (QED) is 0.787. The number of halogens is 1. The van der Waals surface area contributed by atoms with Crippen LogP contribution >= 0.6 is 0 Å². The first kappa shape index (κ1) is 15.0. The molecule has 110 valence electrons. The summed E-state index contributed by atoms with van der Waals surface area (Å²) in [5, 5.41) is 8.54. The van der Waals surface area contributed by atoms with Crippen LogP contribution in [0.15, 0.2) is 48.5 Å². The Bertz CT molecular complexity index is 616. The molecule has 2 rings (SSSR count). The summed E-state index contributed by atoms with van der Waals surface area (Å²) in [5.74, 6) is -0.388. The number of carbonyl (C=O) groups is 1. The number of carbonyl (C=O) groups excluding carboxylic acids is 1. The van der Waals surface area contributed by atoms with Gasteiger partial charge in [-0.15, -0.1) is 0 Å². The van der Waals surface area contributed by atoms with E-state index in [1.165, 1.54) is 12.1 Å². The second-order valence-corrected chi connectivity index (χ2v) is 4.57. The third-order valence-electron chi connectivity index (χ3n) is 2.85. The van der Waals surface area contributed by atoms with E-state index in [2.05, 4.69) is 16.0 Å². The Morgan fingerprint density at radius 2 is 1.71 bits per heavy atom. The molecule has 0 aromatic heterocycles. The van der Waals surface area contributed by atoms with Crippen LogP contribution in [-0.4, -0.2) is 12.6 Å². The van der Waals surface area contributed by atoms with E-state index < -0.39 is 6.03 Å². The van der Waals surface area contributed by atoms with Crippen molar-refractivity contribution >= 4 is 17.4 Å². The minimum atomic E-state index is -0.402. The molecule has 0 heterocycles. The molecule has 0 fully saturated rings. The number of urea groups is 1. The summed E-state index contributed by atoms with van der Waals surface area (Å²) < 4.78 is 13.0. The largest absolute Gasteiger partial charge is 0.323 e. The van der Waals surface area contributed by atoms with Crippen LogP contribution in [0.1, 0.15) is 12.5 Å². The van der Waals surface area contributed by atoms with Crippen LogP contribution in [-0.2, 0) is 6.54 Å². The van der Waals surface area contributed by atoms with Gasteiger partial charge in [-0.1, -0.05) is 25.1 Å². The Morgan fingerprint density at radius 1 is 1.05 bits per heavy atom. The summed E-state index contributed by atoms with van der Waals surface area (Å²) in [7, 11) is 0. The van der Waals surface area contributed by atoms with Crippen LogP contribution in [0.5, 0.6) is 0 Å². The predicted molar refractivity (Wildman–Crippen MR) is 82.9 cm³/mol. The summed E-state index contributed by atoms with van der Waals surface area (Å²) in [5.41, 5.74) is 2.19. The molecule has 5 heteroatoms. The number of anilines is 2. The van der Waals surface area contributed by atoms with Crippen LogP contribution < -0.4 is 16.0 Å². The number of hydrogen-bond donors (Lipinski definition) is 3. The lowest BCUT2D eigenvalue weighted by Crippen LogP contribution is -2.19. The average Bonchev–Trinajstić information content (AvgIpc) is 2.45. The van der Waals surface area contributed by atoms with Gasteiger partial charge in [-0.3, -0.25) is 0 Å². The minimum Gasteiger partial charge on any atom is -0.313 e. The van der Waals surface area contributed by atoms with Crippen molar-refractivity contribution in [3.8, 4) is 0 Å². The molecule has 2 aromatic rings. The predicted octanol–water partition coefficient (Wildman–Crippen LogP) is 3.58. The fourth-order valence-electron chi connectivity index (χ4n) is 1.89. The Balaban J connectivity index is 1.96. The lowest BCUT2D eigenvalue weighted by Gasteiger charge is -2.09. The molecule has 3 N–H and O–H groups in total. The maximum absolute atomic E-state index is 13.0. The molecule has 0 aliphatic carbocycles. The highest BCUT2D eigenvalue weighted by molar-refractivity contribution is 5.99. The highest BCUT2D eigenvalue weighted by atomic mass is 19.1. The number of rotatable bonds is 5. The van der Waals surface area contributed by atoms with Crippen molar-refractivity contribution in [3.05, 3.63) is 59.9 Å². The molecule has 21 heavy (non-hydrogen) atoms. The SMILES string of the molecule is CCNCc1cccc(NC(=O)Nc2cccc(F)c2)c1. The highest BCUT2D eigenvalue weighted by Crippen LogP contribution is 2.13. The van der Waals surface area contributed by atoms with E-state index in [1.54, 1.807) is 18.2 Å². The minimum absolute atomic E-state index is 0.388. The van der Waals surface area contributed by atoms with Crippen LogP contribution in [0.4, 0.5) is 20.6 Å².